The van der Waals surface area contributed by atoms with Crippen LogP contribution in [0, 0.1) is 11.3 Å². The standard InChI is InChI=1S/C13H10N2O4/c1-18-7-10-11(13(16)17)12(15-19-10)9-4-2-3-8(5-9)6-14/h2-5H,7H2,1H3,(H,16,17). The molecule has 2 rings (SSSR count). The lowest BCUT2D eigenvalue weighted by Crippen LogP contribution is -2.02. The first-order chi connectivity index (χ1) is 9.17. The van der Waals surface area contributed by atoms with Gasteiger partial charge in [-0.25, -0.2) is 4.79 Å². The first kappa shape index (κ1) is 12.8. The number of hydrogen-bond acceptors (Lipinski definition) is 5. The Balaban J connectivity index is 2.56. The highest BCUT2D eigenvalue weighted by Gasteiger charge is 2.23. The number of nitriles is 1. The molecule has 6 nitrogen and oxygen atoms in total. The van der Waals surface area contributed by atoms with Crippen LogP contribution in [0.5, 0.6) is 0 Å². The number of ether oxygens (including phenoxy) is 1. The summed E-state index contributed by atoms with van der Waals surface area (Å²) in [5.74, 6) is -1.00. The van der Waals surface area contributed by atoms with Crippen molar-refractivity contribution in [3.63, 3.8) is 0 Å². The van der Waals surface area contributed by atoms with E-state index in [2.05, 4.69) is 5.16 Å². The minimum Gasteiger partial charge on any atom is -0.477 e. The average Bonchev–Trinajstić information content (AvgIpc) is 2.83. The lowest BCUT2D eigenvalue weighted by molar-refractivity contribution is 0.0688. The van der Waals surface area contributed by atoms with Gasteiger partial charge in [-0.2, -0.15) is 5.26 Å². The lowest BCUT2D eigenvalue weighted by atomic mass is 10.0. The van der Waals surface area contributed by atoms with Gasteiger partial charge in [0.15, 0.2) is 5.76 Å². The SMILES string of the molecule is COCc1onc(-c2cccc(C#N)c2)c1C(=O)O. The maximum Gasteiger partial charge on any atom is 0.341 e. The molecule has 96 valence electrons. The molecular weight excluding hydrogens is 248 g/mol. The van der Waals surface area contributed by atoms with E-state index < -0.39 is 5.97 Å². The fourth-order valence-electron chi connectivity index (χ4n) is 1.71. The molecule has 1 N–H and O–H groups in total. The smallest absolute Gasteiger partial charge is 0.341 e. The molecule has 0 saturated heterocycles. The van der Waals surface area contributed by atoms with E-state index in [9.17, 15) is 9.90 Å². The molecule has 0 aliphatic rings. The second-order valence-electron chi connectivity index (χ2n) is 3.76. The van der Waals surface area contributed by atoms with Crippen LogP contribution < -0.4 is 0 Å². The second kappa shape index (κ2) is 5.33. The van der Waals surface area contributed by atoms with Crippen molar-refractivity contribution in [3.8, 4) is 17.3 Å². The first-order valence-corrected chi connectivity index (χ1v) is 5.38. The highest BCUT2D eigenvalue weighted by atomic mass is 16.5. The van der Waals surface area contributed by atoms with Crippen LogP contribution in [0.15, 0.2) is 28.8 Å². The summed E-state index contributed by atoms with van der Waals surface area (Å²) in [6, 6.07) is 8.49. The van der Waals surface area contributed by atoms with E-state index in [-0.39, 0.29) is 23.6 Å². The summed E-state index contributed by atoms with van der Waals surface area (Å²) in [4.78, 5) is 11.3. The normalized spacial score (nSPS) is 10.1. The van der Waals surface area contributed by atoms with Crippen LogP contribution in [0.4, 0.5) is 0 Å². The highest BCUT2D eigenvalue weighted by Crippen LogP contribution is 2.26. The fourth-order valence-corrected chi connectivity index (χ4v) is 1.71. The monoisotopic (exact) mass is 258 g/mol. The largest absolute Gasteiger partial charge is 0.477 e. The molecule has 1 heterocycles. The van der Waals surface area contributed by atoms with Gasteiger partial charge >= 0.3 is 5.97 Å². The Bertz CT molecular complexity index is 655. The van der Waals surface area contributed by atoms with E-state index in [1.165, 1.54) is 7.11 Å². The number of rotatable bonds is 4. The van der Waals surface area contributed by atoms with E-state index in [4.69, 9.17) is 14.5 Å². The van der Waals surface area contributed by atoms with E-state index in [1.807, 2.05) is 6.07 Å². The predicted molar refractivity (Wildman–Crippen MR) is 64.3 cm³/mol. The van der Waals surface area contributed by atoms with Gasteiger partial charge in [0, 0.05) is 12.7 Å². The summed E-state index contributed by atoms with van der Waals surface area (Å²) in [5.41, 5.74) is 1.08. The molecule has 0 bridgehead atoms. The summed E-state index contributed by atoms with van der Waals surface area (Å²) in [6.45, 7) is 0.0204. The van der Waals surface area contributed by atoms with Gasteiger partial charge in [0.05, 0.1) is 11.6 Å². The van der Waals surface area contributed by atoms with Gasteiger partial charge in [-0.1, -0.05) is 17.3 Å². The Hall–Kier alpha value is -2.65. The molecule has 6 heteroatoms. The third-order valence-corrected chi connectivity index (χ3v) is 2.52. The molecule has 0 atom stereocenters. The van der Waals surface area contributed by atoms with Crippen LogP contribution in [0.3, 0.4) is 0 Å². The Kier molecular flexibility index (Phi) is 3.59. The number of carboxylic acids is 1. The van der Waals surface area contributed by atoms with Crippen LogP contribution in [0.2, 0.25) is 0 Å². The predicted octanol–water partition coefficient (Wildman–Crippen LogP) is 2.06. The number of methoxy groups -OCH3 is 1. The van der Waals surface area contributed by atoms with Crippen LogP contribution in [0.25, 0.3) is 11.3 Å². The maximum absolute atomic E-state index is 11.3. The number of hydrogen-bond donors (Lipinski definition) is 1. The van der Waals surface area contributed by atoms with Crippen molar-refractivity contribution in [2.75, 3.05) is 7.11 Å². The van der Waals surface area contributed by atoms with Crippen molar-refractivity contribution in [2.45, 2.75) is 6.61 Å². The van der Waals surface area contributed by atoms with Crippen LogP contribution in [-0.2, 0) is 11.3 Å². The minimum absolute atomic E-state index is 0.0204. The quantitative estimate of drug-likeness (QED) is 0.901. The number of benzene rings is 1. The number of carboxylic acid groups (broad SMARTS) is 1. The summed E-state index contributed by atoms with van der Waals surface area (Å²) in [6.07, 6.45) is 0. The van der Waals surface area contributed by atoms with Crippen LogP contribution in [0.1, 0.15) is 21.7 Å². The van der Waals surface area contributed by atoms with Crippen LogP contribution >= 0.6 is 0 Å². The molecule has 2 aromatic rings. The van der Waals surface area contributed by atoms with Crippen molar-refractivity contribution in [1.29, 1.82) is 5.26 Å². The van der Waals surface area contributed by atoms with Gasteiger partial charge in [-0.3, -0.25) is 0 Å². The molecule has 0 spiro atoms. The van der Waals surface area contributed by atoms with Gasteiger partial charge in [-0.05, 0) is 12.1 Å². The minimum atomic E-state index is -1.15. The second-order valence-corrected chi connectivity index (χ2v) is 3.76. The molecule has 0 radical (unpaired) electrons. The third-order valence-electron chi connectivity index (χ3n) is 2.52. The zero-order valence-corrected chi connectivity index (χ0v) is 10.1. The van der Waals surface area contributed by atoms with Gasteiger partial charge in [-0.15, -0.1) is 0 Å². The third kappa shape index (κ3) is 2.46. The average molecular weight is 258 g/mol. The highest BCUT2D eigenvalue weighted by molar-refractivity contribution is 5.95. The lowest BCUT2D eigenvalue weighted by Gasteiger charge is -1.99. The number of carbonyl (C=O) groups is 1. The van der Waals surface area contributed by atoms with Crippen molar-refractivity contribution in [2.24, 2.45) is 0 Å². The molecular formula is C13H10N2O4. The fraction of sp³-hybridized carbons (Fsp3) is 0.154. The van der Waals surface area contributed by atoms with E-state index >= 15 is 0 Å². The molecule has 0 amide bonds. The first-order valence-electron chi connectivity index (χ1n) is 5.38. The van der Waals surface area contributed by atoms with Crippen molar-refractivity contribution >= 4 is 5.97 Å². The zero-order chi connectivity index (χ0) is 13.8. The van der Waals surface area contributed by atoms with Crippen molar-refractivity contribution < 1.29 is 19.2 Å². The van der Waals surface area contributed by atoms with Gasteiger partial charge in [0.25, 0.3) is 0 Å². The summed E-state index contributed by atoms with van der Waals surface area (Å²) < 4.78 is 9.85. The number of aromatic nitrogens is 1. The summed E-state index contributed by atoms with van der Waals surface area (Å²) in [7, 11) is 1.43. The number of aromatic carboxylic acids is 1. The Morgan fingerprint density at radius 1 is 1.58 bits per heavy atom. The molecule has 0 saturated carbocycles. The summed E-state index contributed by atoms with van der Waals surface area (Å²) >= 11 is 0. The Morgan fingerprint density at radius 2 is 2.37 bits per heavy atom. The zero-order valence-electron chi connectivity index (χ0n) is 10.1. The summed E-state index contributed by atoms with van der Waals surface area (Å²) in [5, 5.41) is 21.8. The number of nitrogens with zero attached hydrogens (tertiary/aromatic N) is 2. The Morgan fingerprint density at radius 3 is 3.00 bits per heavy atom. The van der Waals surface area contributed by atoms with Gasteiger partial charge in [0.1, 0.15) is 17.9 Å². The van der Waals surface area contributed by atoms with E-state index in [0.717, 1.165) is 0 Å². The molecule has 0 fully saturated rings. The van der Waals surface area contributed by atoms with Crippen LogP contribution in [-0.4, -0.2) is 23.3 Å². The van der Waals surface area contributed by atoms with Crippen molar-refractivity contribution in [1.82, 2.24) is 5.16 Å². The maximum atomic E-state index is 11.3. The Labute approximate surface area is 108 Å². The van der Waals surface area contributed by atoms with E-state index in [0.29, 0.717) is 11.1 Å². The van der Waals surface area contributed by atoms with Gasteiger partial charge in [0.2, 0.25) is 0 Å². The van der Waals surface area contributed by atoms with Gasteiger partial charge < -0.3 is 14.4 Å². The molecule has 0 aliphatic carbocycles. The van der Waals surface area contributed by atoms with Crippen molar-refractivity contribution in [3.05, 3.63) is 41.2 Å². The topological polar surface area (TPSA) is 96.4 Å². The molecule has 1 aromatic carbocycles. The van der Waals surface area contributed by atoms with E-state index in [1.54, 1.807) is 24.3 Å². The molecule has 0 unspecified atom stereocenters. The molecule has 1 aromatic heterocycles. The molecule has 19 heavy (non-hydrogen) atoms. The molecule has 0 aliphatic heterocycles.